The Labute approximate surface area is 394 Å². The molecule has 4 amide bonds. The van der Waals surface area contributed by atoms with Gasteiger partial charge in [-0.3, -0.25) is 24.4 Å². The first-order valence-corrected chi connectivity index (χ1v) is 23.8. The van der Waals surface area contributed by atoms with Gasteiger partial charge < -0.3 is 30.3 Å². The topological polar surface area (TPSA) is 168 Å². The first-order valence-electron chi connectivity index (χ1n) is 23.8. The molecule has 1 aromatic heterocycles. The van der Waals surface area contributed by atoms with Crippen LogP contribution in [0.5, 0.6) is 0 Å². The zero-order valence-electron chi connectivity index (χ0n) is 40.1. The number of carbonyl (C=O) groups excluding carboxylic acids is 5. The molecule has 1 saturated heterocycles. The predicted molar refractivity (Wildman–Crippen MR) is 261 cm³/mol. The number of rotatable bonds is 13. The number of ketones is 1. The number of aliphatic imine (C=N–C) groups is 1. The molecule has 0 unspecified atom stereocenters. The van der Waals surface area contributed by atoms with Gasteiger partial charge in [-0.25, -0.2) is 9.59 Å². The average Bonchev–Trinajstić information content (AvgIpc) is 3.72. The first-order chi connectivity index (χ1) is 31.9. The van der Waals surface area contributed by atoms with E-state index < -0.39 is 23.2 Å². The largest absolute Gasteiger partial charge is 0.444 e. The Kier molecular flexibility index (Phi) is 15.3. The van der Waals surface area contributed by atoms with Gasteiger partial charge in [-0.05, 0) is 164 Å². The number of alkyl carbamates (subject to hydrolysis) is 1. The van der Waals surface area contributed by atoms with Crippen molar-refractivity contribution in [1.29, 1.82) is 0 Å². The minimum atomic E-state index is -0.616. The van der Waals surface area contributed by atoms with Crippen molar-refractivity contribution >= 4 is 46.9 Å². The van der Waals surface area contributed by atoms with Gasteiger partial charge in [0.05, 0.1) is 17.1 Å². The van der Waals surface area contributed by atoms with Crippen LogP contribution in [0.1, 0.15) is 119 Å². The maximum Gasteiger partial charge on any atom is 0.410 e. The van der Waals surface area contributed by atoms with Gasteiger partial charge in [0.15, 0.2) is 0 Å². The number of pyridine rings is 1. The lowest BCUT2D eigenvalue weighted by Gasteiger charge is -2.33. The fraction of sp³-hybridized carbons (Fsp3) is 0.463. The van der Waals surface area contributed by atoms with Crippen molar-refractivity contribution < 1.29 is 33.4 Å². The van der Waals surface area contributed by atoms with Gasteiger partial charge in [-0.1, -0.05) is 42.5 Å². The summed E-state index contributed by atoms with van der Waals surface area (Å²) >= 11 is 0. The number of aryl methyl sites for hydroxylation is 1. The Balaban J connectivity index is 0.991. The number of Topliss-reactive ketones (excluding diaryl/α,β-unsaturated/α-hetero) is 1. The van der Waals surface area contributed by atoms with E-state index in [1.807, 2.05) is 127 Å². The van der Waals surface area contributed by atoms with E-state index in [-0.39, 0.29) is 48.0 Å². The summed E-state index contributed by atoms with van der Waals surface area (Å²) in [4.78, 5) is 77.3. The molecule has 0 radical (unpaired) electrons. The van der Waals surface area contributed by atoms with E-state index in [1.165, 1.54) is 0 Å². The highest BCUT2D eigenvalue weighted by molar-refractivity contribution is 6.06. The number of ether oxygens (including phenoxy) is 2. The maximum absolute atomic E-state index is 14.2. The summed E-state index contributed by atoms with van der Waals surface area (Å²) in [7, 11) is 0. The Bertz CT molecular complexity index is 2460. The first kappa shape index (κ1) is 48.6. The highest BCUT2D eigenvalue weighted by atomic mass is 16.6. The number of anilines is 1. The number of carbonyl (C=O) groups is 5. The molecule has 13 heteroatoms. The number of benzene rings is 3. The Morgan fingerprint density at radius 1 is 0.806 bits per heavy atom. The van der Waals surface area contributed by atoms with Crippen LogP contribution in [0.25, 0.3) is 11.1 Å². The van der Waals surface area contributed by atoms with Crippen molar-refractivity contribution in [1.82, 2.24) is 20.5 Å². The predicted octanol–water partition coefficient (Wildman–Crippen LogP) is 9.95. The summed E-state index contributed by atoms with van der Waals surface area (Å²) in [5, 5.41) is 9.16. The molecule has 0 bridgehead atoms. The second-order valence-corrected chi connectivity index (χ2v) is 20.4. The van der Waals surface area contributed by atoms with Crippen molar-refractivity contribution in [3.63, 3.8) is 0 Å². The third-order valence-electron chi connectivity index (χ3n) is 12.7. The van der Waals surface area contributed by atoms with Crippen molar-refractivity contribution in [3.05, 3.63) is 113 Å². The Hall–Kier alpha value is -6.37. The molecule has 3 aliphatic rings. The van der Waals surface area contributed by atoms with Gasteiger partial charge in [0, 0.05) is 67.8 Å². The molecule has 13 nitrogen and oxygen atoms in total. The summed E-state index contributed by atoms with van der Waals surface area (Å²) in [6, 6.07) is 25.2. The van der Waals surface area contributed by atoms with Gasteiger partial charge in [0.25, 0.3) is 5.91 Å². The lowest BCUT2D eigenvalue weighted by Crippen LogP contribution is -2.47. The van der Waals surface area contributed by atoms with Gasteiger partial charge in [-0.2, -0.15) is 0 Å². The highest BCUT2D eigenvalue weighted by Crippen LogP contribution is 2.34. The van der Waals surface area contributed by atoms with Crippen LogP contribution >= 0.6 is 0 Å². The van der Waals surface area contributed by atoms with E-state index in [0.29, 0.717) is 69.4 Å². The van der Waals surface area contributed by atoms with Gasteiger partial charge in [0.2, 0.25) is 5.91 Å². The van der Waals surface area contributed by atoms with Gasteiger partial charge in [0.1, 0.15) is 17.0 Å². The number of hydrogen-bond donors (Lipinski definition) is 3. The molecular formula is C54H66N6O7. The smallest absolute Gasteiger partial charge is 0.410 e. The van der Waals surface area contributed by atoms with E-state index >= 15 is 0 Å². The standard InChI is InChI=1S/C54H66N6O7/c1-34-28-40(49(62)57-42-23-26-60(27-24-42)52(65)67-54(5,6)7)20-22-44(34)37-15-11-35(12-16-37)29-41(31-48(61)38-17-13-36(14-18-38)33-56-51(64)66-53(2,3)4)50(63)58-43-21-19-39-30-47(59-46(39)32-43)45-10-8-9-25-55-45/h8-12,15-16,19-22,25,28,32,36,38,41-42H,13-14,17-18,23-24,26-27,29-31,33H2,1-7H3,(H,56,64)(H,57,62)(H,58,63)/t36?,38?,41-/m1/s1. The SMILES string of the molecule is Cc1cc(C(=O)NC2CCN(C(=O)OC(C)(C)C)CC2)ccc1-c1ccc(C[C@H](CC(=O)C2CCC(CNC(=O)OC(C)(C)C)CC2)C(=O)Nc2ccc3c(c2)N=C(c2ccccn2)C3)cc1. The molecule has 2 fully saturated rings. The summed E-state index contributed by atoms with van der Waals surface area (Å²) in [5.41, 5.74) is 7.45. The van der Waals surface area contributed by atoms with Crippen LogP contribution in [-0.2, 0) is 31.9 Å². The number of likely N-dealkylation sites (tertiary alicyclic amines) is 1. The lowest BCUT2D eigenvalue weighted by atomic mass is 9.77. The molecule has 3 heterocycles. The zero-order valence-corrected chi connectivity index (χ0v) is 40.1. The van der Waals surface area contributed by atoms with Crippen LogP contribution in [0.2, 0.25) is 0 Å². The minimum absolute atomic E-state index is 0.0387. The van der Waals surface area contributed by atoms with Crippen LogP contribution in [0.15, 0.2) is 90.1 Å². The molecule has 1 atom stereocenters. The van der Waals surface area contributed by atoms with E-state index in [9.17, 15) is 24.0 Å². The number of nitrogens with zero attached hydrogens (tertiary/aromatic N) is 3. The maximum atomic E-state index is 14.2. The Morgan fingerprint density at radius 2 is 1.52 bits per heavy atom. The summed E-state index contributed by atoms with van der Waals surface area (Å²) in [6.45, 7) is 14.6. The van der Waals surface area contributed by atoms with Gasteiger partial charge >= 0.3 is 12.2 Å². The minimum Gasteiger partial charge on any atom is -0.444 e. The summed E-state index contributed by atoms with van der Waals surface area (Å²) in [5.74, 6) is -0.800. The fourth-order valence-electron chi connectivity index (χ4n) is 9.12. The van der Waals surface area contributed by atoms with E-state index in [0.717, 1.165) is 57.8 Å². The van der Waals surface area contributed by atoms with Crippen molar-refractivity contribution in [2.75, 3.05) is 25.0 Å². The molecule has 3 aromatic carbocycles. The van der Waals surface area contributed by atoms with Crippen molar-refractivity contribution in [2.24, 2.45) is 22.7 Å². The summed E-state index contributed by atoms with van der Waals surface area (Å²) in [6.07, 6.45) is 6.46. The molecule has 1 aliphatic carbocycles. The van der Waals surface area contributed by atoms with E-state index in [2.05, 4.69) is 20.9 Å². The fourth-order valence-corrected chi connectivity index (χ4v) is 9.12. The highest BCUT2D eigenvalue weighted by Gasteiger charge is 2.32. The van der Waals surface area contributed by atoms with Crippen LogP contribution in [0, 0.1) is 24.7 Å². The number of amides is 4. The normalized spacial score (nSPS) is 18.0. The molecule has 354 valence electrons. The third kappa shape index (κ3) is 13.6. The molecule has 4 aromatic rings. The summed E-state index contributed by atoms with van der Waals surface area (Å²) < 4.78 is 10.9. The number of fused-ring (bicyclic) bond motifs is 1. The van der Waals surface area contributed by atoms with E-state index in [4.69, 9.17) is 14.5 Å². The molecule has 3 N–H and O–H groups in total. The van der Waals surface area contributed by atoms with Crippen LogP contribution < -0.4 is 16.0 Å². The number of nitrogens with one attached hydrogen (secondary N) is 3. The molecule has 1 saturated carbocycles. The van der Waals surface area contributed by atoms with Crippen LogP contribution in [-0.4, -0.2) is 82.3 Å². The van der Waals surface area contributed by atoms with Crippen molar-refractivity contribution in [3.8, 4) is 11.1 Å². The molecule has 2 aliphatic heterocycles. The van der Waals surface area contributed by atoms with Crippen LogP contribution in [0.3, 0.4) is 0 Å². The molecule has 0 spiro atoms. The number of piperidine rings is 1. The number of hydrogen-bond acceptors (Lipinski definition) is 9. The zero-order chi connectivity index (χ0) is 47.9. The molecule has 7 rings (SSSR count). The third-order valence-corrected chi connectivity index (χ3v) is 12.7. The van der Waals surface area contributed by atoms with Gasteiger partial charge in [-0.15, -0.1) is 0 Å². The van der Waals surface area contributed by atoms with Crippen molar-refractivity contribution in [2.45, 2.75) is 123 Å². The monoisotopic (exact) mass is 910 g/mol. The van der Waals surface area contributed by atoms with Crippen LogP contribution in [0.4, 0.5) is 21.0 Å². The Morgan fingerprint density at radius 3 is 2.18 bits per heavy atom. The second kappa shape index (κ2) is 21.1. The second-order valence-electron chi connectivity index (χ2n) is 20.4. The lowest BCUT2D eigenvalue weighted by molar-refractivity contribution is -0.129. The molecule has 67 heavy (non-hydrogen) atoms. The molecular weight excluding hydrogens is 845 g/mol. The van der Waals surface area contributed by atoms with E-state index in [1.54, 1.807) is 11.1 Å². The number of aromatic nitrogens is 1. The quantitative estimate of drug-likeness (QED) is 0.119. The average molecular weight is 911 g/mol.